The fourth-order valence-corrected chi connectivity index (χ4v) is 1.97. The minimum absolute atomic E-state index is 0.0975. The smallest absolute Gasteiger partial charge is 0.338 e. The number of hydrogen-bond acceptors (Lipinski definition) is 5. The van der Waals surface area contributed by atoms with Crippen molar-refractivity contribution < 1.29 is 14.5 Å². The second kappa shape index (κ2) is 4.52. The molecule has 1 aromatic heterocycles. The summed E-state index contributed by atoms with van der Waals surface area (Å²) >= 11 is 0. The summed E-state index contributed by atoms with van der Waals surface area (Å²) in [5, 5.41) is 15.6. The van der Waals surface area contributed by atoms with E-state index in [1.165, 1.54) is 30.1 Å². The first-order valence-electron chi connectivity index (χ1n) is 5.35. The van der Waals surface area contributed by atoms with Crippen molar-refractivity contribution in [3.63, 3.8) is 0 Å². The van der Waals surface area contributed by atoms with Gasteiger partial charge in [0.05, 0.1) is 40.3 Å². The van der Waals surface area contributed by atoms with E-state index in [9.17, 15) is 14.9 Å². The van der Waals surface area contributed by atoms with Gasteiger partial charge in [0.1, 0.15) is 0 Å². The Labute approximate surface area is 108 Å². The first-order valence-corrected chi connectivity index (χ1v) is 5.35. The number of nitro benzene ring substituents is 1. The van der Waals surface area contributed by atoms with E-state index in [0.717, 1.165) is 0 Å². The highest BCUT2D eigenvalue weighted by Gasteiger charge is 2.26. The summed E-state index contributed by atoms with van der Waals surface area (Å²) < 4.78 is 6.10. The number of methoxy groups -OCH3 is 1. The van der Waals surface area contributed by atoms with Crippen molar-refractivity contribution in [3.05, 3.63) is 40.1 Å². The second-order valence-electron chi connectivity index (χ2n) is 3.84. The van der Waals surface area contributed by atoms with Gasteiger partial charge in [0.15, 0.2) is 0 Å². The third-order valence-electron chi connectivity index (χ3n) is 2.86. The predicted octanol–water partition coefficient (Wildman–Crippen LogP) is 1.91. The highest BCUT2D eigenvalue weighted by atomic mass is 16.6. The third-order valence-corrected chi connectivity index (χ3v) is 2.86. The summed E-state index contributed by atoms with van der Waals surface area (Å²) in [4.78, 5) is 22.4. The molecule has 0 aliphatic rings. The van der Waals surface area contributed by atoms with Crippen LogP contribution in [0.1, 0.15) is 15.9 Å². The van der Waals surface area contributed by atoms with Crippen LogP contribution in [0.4, 0.5) is 5.69 Å². The van der Waals surface area contributed by atoms with E-state index in [0.29, 0.717) is 10.9 Å². The number of fused-ring (bicyclic) bond motifs is 1. The molecule has 0 radical (unpaired) electrons. The summed E-state index contributed by atoms with van der Waals surface area (Å²) in [5.41, 5.74) is 0.524. The molecule has 0 aliphatic heterocycles. The van der Waals surface area contributed by atoms with E-state index in [4.69, 9.17) is 0 Å². The number of hydrogen-bond donors (Lipinski definition) is 0. The standard InChI is InChI=1S/C12H11N3O4/c1-4-7-8(12(16)19-3)5-10-9(6-13-14(10)2)11(7)15(17)18/h4-6H,1H2,2-3H3. The van der Waals surface area contributed by atoms with Gasteiger partial charge in [-0.15, -0.1) is 0 Å². The van der Waals surface area contributed by atoms with Crippen LogP contribution in [0.15, 0.2) is 18.8 Å². The molecule has 0 atom stereocenters. The maximum atomic E-state index is 11.7. The maximum absolute atomic E-state index is 11.7. The zero-order chi connectivity index (χ0) is 14.2. The summed E-state index contributed by atoms with van der Waals surface area (Å²) in [6.45, 7) is 3.53. The minimum Gasteiger partial charge on any atom is -0.465 e. The van der Waals surface area contributed by atoms with E-state index in [-0.39, 0.29) is 16.8 Å². The van der Waals surface area contributed by atoms with Gasteiger partial charge in [-0.1, -0.05) is 12.7 Å². The van der Waals surface area contributed by atoms with E-state index in [1.807, 2.05) is 0 Å². The van der Waals surface area contributed by atoms with Crippen molar-refractivity contribution in [1.29, 1.82) is 0 Å². The lowest BCUT2D eigenvalue weighted by molar-refractivity contribution is -0.383. The van der Waals surface area contributed by atoms with Crippen LogP contribution >= 0.6 is 0 Å². The van der Waals surface area contributed by atoms with Gasteiger partial charge in [0.25, 0.3) is 5.69 Å². The van der Waals surface area contributed by atoms with Crippen molar-refractivity contribution in [2.24, 2.45) is 7.05 Å². The fraction of sp³-hybridized carbons (Fsp3) is 0.167. The zero-order valence-electron chi connectivity index (χ0n) is 10.4. The molecular formula is C12H11N3O4. The van der Waals surface area contributed by atoms with Crippen molar-refractivity contribution in [3.8, 4) is 0 Å². The molecule has 1 heterocycles. The van der Waals surface area contributed by atoms with Gasteiger partial charge < -0.3 is 4.74 Å². The van der Waals surface area contributed by atoms with Crippen molar-refractivity contribution in [2.45, 2.75) is 0 Å². The van der Waals surface area contributed by atoms with Crippen molar-refractivity contribution in [2.75, 3.05) is 7.11 Å². The lowest BCUT2D eigenvalue weighted by Crippen LogP contribution is -2.07. The highest BCUT2D eigenvalue weighted by Crippen LogP contribution is 2.33. The van der Waals surface area contributed by atoms with Gasteiger partial charge in [-0.25, -0.2) is 4.79 Å². The largest absolute Gasteiger partial charge is 0.465 e. The van der Waals surface area contributed by atoms with Gasteiger partial charge in [-0.2, -0.15) is 5.10 Å². The summed E-state index contributed by atoms with van der Waals surface area (Å²) in [6, 6.07) is 1.51. The monoisotopic (exact) mass is 261 g/mol. The van der Waals surface area contributed by atoms with Crippen LogP contribution in [0.3, 0.4) is 0 Å². The quantitative estimate of drug-likeness (QED) is 0.478. The van der Waals surface area contributed by atoms with Gasteiger partial charge >= 0.3 is 5.97 Å². The Bertz CT molecular complexity index is 703. The number of esters is 1. The Balaban J connectivity index is 2.96. The molecular weight excluding hydrogens is 250 g/mol. The number of carbonyl (C=O) groups is 1. The molecule has 0 fully saturated rings. The Kier molecular flexibility index (Phi) is 3.04. The number of ether oxygens (including phenoxy) is 1. The molecule has 7 heteroatoms. The number of aromatic nitrogens is 2. The Morgan fingerprint density at radius 1 is 1.63 bits per heavy atom. The van der Waals surface area contributed by atoms with E-state index in [2.05, 4.69) is 16.4 Å². The third kappa shape index (κ3) is 1.85. The lowest BCUT2D eigenvalue weighted by Gasteiger charge is -2.06. The fourth-order valence-electron chi connectivity index (χ4n) is 1.97. The molecule has 19 heavy (non-hydrogen) atoms. The summed E-state index contributed by atoms with van der Waals surface area (Å²) in [6.07, 6.45) is 2.67. The van der Waals surface area contributed by atoms with Gasteiger partial charge in [-0.05, 0) is 6.07 Å². The van der Waals surface area contributed by atoms with E-state index >= 15 is 0 Å². The number of carbonyl (C=O) groups excluding carboxylic acids is 1. The first kappa shape index (κ1) is 12.7. The zero-order valence-corrected chi connectivity index (χ0v) is 10.4. The number of rotatable bonds is 3. The maximum Gasteiger partial charge on any atom is 0.338 e. The molecule has 0 N–H and O–H groups in total. The van der Waals surface area contributed by atoms with Crippen molar-refractivity contribution in [1.82, 2.24) is 9.78 Å². The minimum atomic E-state index is -0.652. The summed E-state index contributed by atoms with van der Waals surface area (Å²) in [5.74, 6) is -0.652. The van der Waals surface area contributed by atoms with Crippen LogP contribution in [-0.2, 0) is 11.8 Å². The van der Waals surface area contributed by atoms with E-state index in [1.54, 1.807) is 7.05 Å². The SMILES string of the molecule is C=Cc1c(C(=O)OC)cc2c(cnn2C)c1[N+](=O)[O-]. The van der Waals surface area contributed by atoms with Gasteiger partial charge in [-0.3, -0.25) is 14.8 Å². The van der Waals surface area contributed by atoms with Gasteiger partial charge in [0.2, 0.25) is 0 Å². The molecule has 0 saturated carbocycles. The topological polar surface area (TPSA) is 87.3 Å². The Hall–Kier alpha value is -2.70. The van der Waals surface area contributed by atoms with Crippen molar-refractivity contribution >= 4 is 28.6 Å². The molecule has 0 spiro atoms. The Morgan fingerprint density at radius 2 is 2.32 bits per heavy atom. The molecule has 0 amide bonds. The lowest BCUT2D eigenvalue weighted by atomic mass is 10.0. The average Bonchev–Trinajstić information content (AvgIpc) is 2.76. The number of nitrogens with zero attached hydrogens (tertiary/aromatic N) is 3. The van der Waals surface area contributed by atoms with Crippen LogP contribution in [0.5, 0.6) is 0 Å². The second-order valence-corrected chi connectivity index (χ2v) is 3.84. The van der Waals surface area contributed by atoms with Crippen LogP contribution in [0.2, 0.25) is 0 Å². The normalized spacial score (nSPS) is 10.4. The molecule has 0 bridgehead atoms. The molecule has 7 nitrogen and oxygen atoms in total. The van der Waals surface area contributed by atoms with E-state index < -0.39 is 10.9 Å². The van der Waals surface area contributed by atoms with Crippen LogP contribution in [-0.4, -0.2) is 27.8 Å². The average molecular weight is 261 g/mol. The summed E-state index contributed by atoms with van der Waals surface area (Å²) in [7, 11) is 2.86. The first-order chi connectivity index (χ1) is 9.01. The molecule has 0 unspecified atom stereocenters. The Morgan fingerprint density at radius 3 is 2.84 bits per heavy atom. The molecule has 2 rings (SSSR count). The molecule has 98 valence electrons. The molecule has 0 saturated heterocycles. The number of nitro groups is 1. The molecule has 0 aliphatic carbocycles. The van der Waals surface area contributed by atoms with Gasteiger partial charge in [0, 0.05) is 7.05 Å². The van der Waals surface area contributed by atoms with Crippen LogP contribution < -0.4 is 0 Å². The number of aryl methyl sites for hydroxylation is 1. The van der Waals surface area contributed by atoms with Crippen LogP contribution in [0, 0.1) is 10.1 Å². The molecule has 1 aromatic carbocycles. The number of benzene rings is 1. The van der Waals surface area contributed by atoms with Crippen LogP contribution in [0.25, 0.3) is 17.0 Å². The predicted molar refractivity (Wildman–Crippen MR) is 68.8 cm³/mol. The highest BCUT2D eigenvalue weighted by molar-refractivity contribution is 6.03. The molecule has 2 aromatic rings.